The van der Waals surface area contributed by atoms with Crippen molar-refractivity contribution >= 4 is 0 Å². The molecule has 20 heavy (non-hydrogen) atoms. The normalized spacial score (nSPS) is 27.0. The zero-order chi connectivity index (χ0) is 15.8. The number of hydrogen-bond acceptors (Lipinski definition) is 3. The molecule has 1 heterocycles. The van der Waals surface area contributed by atoms with Gasteiger partial charge in [0.15, 0.2) is 0 Å². The van der Waals surface area contributed by atoms with E-state index >= 15 is 0 Å². The van der Waals surface area contributed by atoms with Crippen LogP contribution in [-0.2, 0) is 9.47 Å². The third kappa shape index (κ3) is 4.30. The maximum absolute atomic E-state index is 12.7. The van der Waals surface area contributed by atoms with E-state index in [-0.39, 0.29) is 5.92 Å². The minimum atomic E-state index is -4.19. The molecule has 0 aromatic carbocycles. The van der Waals surface area contributed by atoms with Crippen LogP contribution in [0.4, 0.5) is 17.6 Å². The lowest BCUT2D eigenvalue weighted by molar-refractivity contribution is -0.174. The highest BCUT2D eigenvalue weighted by Gasteiger charge is 2.49. The van der Waals surface area contributed by atoms with Crippen molar-refractivity contribution in [3.05, 3.63) is 0 Å². The van der Waals surface area contributed by atoms with Gasteiger partial charge in [-0.3, -0.25) is 0 Å². The fourth-order valence-corrected chi connectivity index (χ4v) is 2.70. The van der Waals surface area contributed by atoms with Crippen LogP contribution in [0.15, 0.2) is 0 Å². The second-order valence-electron chi connectivity index (χ2n) is 6.42. The van der Waals surface area contributed by atoms with Gasteiger partial charge in [-0.05, 0) is 34.1 Å². The van der Waals surface area contributed by atoms with Gasteiger partial charge in [0.2, 0.25) is 0 Å². The van der Waals surface area contributed by atoms with Crippen molar-refractivity contribution in [3.8, 4) is 0 Å². The first-order valence-corrected chi connectivity index (χ1v) is 6.49. The second kappa shape index (κ2) is 5.77. The molecule has 3 nitrogen and oxygen atoms in total. The molecule has 0 amide bonds. The Labute approximate surface area is 116 Å². The van der Waals surface area contributed by atoms with E-state index in [2.05, 4.69) is 4.74 Å². The highest BCUT2D eigenvalue weighted by molar-refractivity contribution is 4.97. The lowest BCUT2D eigenvalue weighted by Gasteiger charge is -2.30. The van der Waals surface area contributed by atoms with Crippen LogP contribution in [0.2, 0.25) is 0 Å². The molecule has 1 aliphatic rings. The van der Waals surface area contributed by atoms with E-state index in [0.29, 0.717) is 6.42 Å². The van der Waals surface area contributed by atoms with Gasteiger partial charge in [-0.25, -0.2) is 8.78 Å². The minimum Gasteiger partial charge on any atom is -0.390 e. The quantitative estimate of drug-likeness (QED) is 0.767. The van der Waals surface area contributed by atoms with Crippen molar-refractivity contribution < 1.29 is 32.1 Å². The van der Waals surface area contributed by atoms with E-state index < -0.39 is 42.9 Å². The highest BCUT2D eigenvalue weighted by atomic mass is 19.3. The molecule has 2 unspecified atom stereocenters. The standard InChI is InChI=1S/C13H22F4O3/c1-11(2)5-8(12(3,4)20-11)9(18)6-19-7-13(16,17)10(14)15/h8-10,18H,5-7H2,1-4H3. The summed E-state index contributed by atoms with van der Waals surface area (Å²) in [5.41, 5.74) is -1.06. The Kier molecular flexibility index (Phi) is 5.09. The van der Waals surface area contributed by atoms with Crippen LogP contribution in [0, 0.1) is 5.92 Å². The first kappa shape index (κ1) is 17.7. The molecule has 0 spiro atoms. The van der Waals surface area contributed by atoms with Crippen LogP contribution in [0.3, 0.4) is 0 Å². The molecular formula is C13H22F4O3. The molecule has 0 saturated carbocycles. The SMILES string of the molecule is CC1(C)CC(C(O)COCC(F)(F)C(F)F)C(C)(C)O1. The molecule has 7 heteroatoms. The average Bonchev–Trinajstić information content (AvgIpc) is 2.46. The van der Waals surface area contributed by atoms with E-state index in [1.54, 1.807) is 13.8 Å². The lowest BCUT2D eigenvalue weighted by Crippen LogP contribution is -2.40. The summed E-state index contributed by atoms with van der Waals surface area (Å²) < 4.78 is 59.6. The van der Waals surface area contributed by atoms with Gasteiger partial charge in [0.25, 0.3) is 0 Å². The smallest absolute Gasteiger partial charge is 0.330 e. The molecule has 0 radical (unpaired) electrons. The van der Waals surface area contributed by atoms with E-state index in [0.717, 1.165) is 0 Å². The fourth-order valence-electron chi connectivity index (χ4n) is 2.70. The predicted octanol–water partition coefficient (Wildman–Crippen LogP) is 2.86. The van der Waals surface area contributed by atoms with Crippen LogP contribution in [0.5, 0.6) is 0 Å². The average molecular weight is 302 g/mol. The number of aliphatic hydroxyl groups excluding tert-OH is 1. The monoisotopic (exact) mass is 302 g/mol. The molecule has 1 fully saturated rings. The molecule has 120 valence electrons. The number of alkyl halides is 4. The molecule has 0 aromatic heterocycles. The molecule has 0 aromatic rings. The first-order valence-electron chi connectivity index (χ1n) is 6.49. The van der Waals surface area contributed by atoms with Crippen LogP contribution in [0.25, 0.3) is 0 Å². The molecule has 1 saturated heterocycles. The summed E-state index contributed by atoms with van der Waals surface area (Å²) in [7, 11) is 0. The number of hydrogen-bond donors (Lipinski definition) is 1. The number of halogens is 4. The Bertz CT molecular complexity index is 332. The molecule has 1 rings (SSSR count). The van der Waals surface area contributed by atoms with E-state index in [4.69, 9.17) is 4.74 Å². The summed E-state index contributed by atoms with van der Waals surface area (Å²) in [4.78, 5) is 0. The summed E-state index contributed by atoms with van der Waals surface area (Å²) in [5, 5.41) is 10.0. The third-order valence-corrected chi connectivity index (χ3v) is 3.51. The van der Waals surface area contributed by atoms with Gasteiger partial charge in [0, 0.05) is 5.92 Å². The van der Waals surface area contributed by atoms with Gasteiger partial charge < -0.3 is 14.6 Å². The van der Waals surface area contributed by atoms with Crippen LogP contribution < -0.4 is 0 Å². The largest absolute Gasteiger partial charge is 0.390 e. The summed E-state index contributed by atoms with van der Waals surface area (Å²) >= 11 is 0. The van der Waals surface area contributed by atoms with Gasteiger partial charge in [0.05, 0.1) is 23.9 Å². The van der Waals surface area contributed by atoms with E-state index in [9.17, 15) is 22.7 Å². The summed E-state index contributed by atoms with van der Waals surface area (Å²) in [5.74, 6) is -4.50. The van der Waals surface area contributed by atoms with Gasteiger partial charge in [-0.2, -0.15) is 8.78 Å². The third-order valence-electron chi connectivity index (χ3n) is 3.51. The van der Waals surface area contributed by atoms with Crippen LogP contribution in [0.1, 0.15) is 34.1 Å². The summed E-state index contributed by atoms with van der Waals surface area (Å²) in [6, 6.07) is 0. The number of ether oxygens (including phenoxy) is 2. The second-order valence-corrected chi connectivity index (χ2v) is 6.42. The van der Waals surface area contributed by atoms with Crippen molar-refractivity contribution in [1.82, 2.24) is 0 Å². The zero-order valence-electron chi connectivity index (χ0n) is 12.1. The Morgan fingerprint density at radius 1 is 1.30 bits per heavy atom. The fraction of sp³-hybridized carbons (Fsp3) is 1.00. The maximum atomic E-state index is 12.7. The van der Waals surface area contributed by atoms with Crippen LogP contribution in [-0.4, -0.2) is 48.0 Å². The Hall–Kier alpha value is -0.400. The Balaban J connectivity index is 2.50. The first-order chi connectivity index (χ1) is 8.87. The lowest BCUT2D eigenvalue weighted by atomic mass is 9.83. The molecule has 1 N–H and O–H groups in total. The predicted molar refractivity (Wildman–Crippen MR) is 65.1 cm³/mol. The number of rotatable bonds is 6. The van der Waals surface area contributed by atoms with Gasteiger partial charge in [-0.1, -0.05) is 0 Å². The minimum absolute atomic E-state index is 0.308. The summed E-state index contributed by atoms with van der Waals surface area (Å²) in [6.07, 6.45) is -4.28. The van der Waals surface area contributed by atoms with Crippen molar-refractivity contribution in [2.75, 3.05) is 13.2 Å². The number of aliphatic hydroxyl groups is 1. The van der Waals surface area contributed by atoms with E-state index in [1.807, 2.05) is 13.8 Å². The van der Waals surface area contributed by atoms with Crippen molar-refractivity contribution in [2.45, 2.75) is 63.8 Å². The topological polar surface area (TPSA) is 38.7 Å². The Morgan fingerprint density at radius 3 is 2.25 bits per heavy atom. The van der Waals surface area contributed by atoms with E-state index in [1.165, 1.54) is 0 Å². The maximum Gasteiger partial charge on any atom is 0.330 e. The molecule has 1 aliphatic heterocycles. The zero-order valence-corrected chi connectivity index (χ0v) is 12.1. The molecule has 2 atom stereocenters. The van der Waals surface area contributed by atoms with Gasteiger partial charge in [-0.15, -0.1) is 0 Å². The van der Waals surface area contributed by atoms with Crippen molar-refractivity contribution in [3.63, 3.8) is 0 Å². The summed E-state index contributed by atoms with van der Waals surface area (Å²) in [6.45, 7) is 5.50. The van der Waals surface area contributed by atoms with Crippen molar-refractivity contribution in [2.24, 2.45) is 5.92 Å². The highest BCUT2D eigenvalue weighted by Crippen LogP contribution is 2.43. The van der Waals surface area contributed by atoms with Crippen molar-refractivity contribution in [1.29, 1.82) is 0 Å². The Morgan fingerprint density at radius 2 is 1.85 bits per heavy atom. The van der Waals surface area contributed by atoms with Gasteiger partial charge >= 0.3 is 12.3 Å². The molecular weight excluding hydrogens is 280 g/mol. The van der Waals surface area contributed by atoms with Gasteiger partial charge in [0.1, 0.15) is 6.61 Å². The molecule has 0 aliphatic carbocycles. The van der Waals surface area contributed by atoms with Crippen LogP contribution >= 0.6 is 0 Å². The molecule has 0 bridgehead atoms.